The van der Waals surface area contributed by atoms with E-state index in [0.29, 0.717) is 0 Å². The summed E-state index contributed by atoms with van der Waals surface area (Å²) in [5.74, 6) is 0.553. The number of fused-ring (bicyclic) bond motifs is 5. The van der Waals surface area contributed by atoms with Crippen LogP contribution in [0, 0.1) is 0 Å². The zero-order valence-corrected chi connectivity index (χ0v) is 16.0. The summed E-state index contributed by atoms with van der Waals surface area (Å²) in [4.78, 5) is 0. The third-order valence-electron chi connectivity index (χ3n) is 5.96. The monoisotopic (exact) mass is 378 g/mol. The average Bonchev–Trinajstić information content (AvgIpc) is 2.98. The summed E-state index contributed by atoms with van der Waals surface area (Å²) in [5.41, 5.74) is 1.84. The van der Waals surface area contributed by atoms with Crippen molar-refractivity contribution in [2.24, 2.45) is 0 Å². The molecule has 0 unspecified atom stereocenters. The van der Waals surface area contributed by atoms with Gasteiger partial charge in [0.2, 0.25) is 0 Å². The Kier molecular flexibility index (Phi) is 2.63. The van der Waals surface area contributed by atoms with E-state index >= 15 is 0 Å². The summed E-state index contributed by atoms with van der Waals surface area (Å²) >= 11 is 0. The van der Waals surface area contributed by atoms with Crippen LogP contribution in [0.25, 0.3) is 0 Å². The van der Waals surface area contributed by atoms with Crippen LogP contribution in [-0.2, 0) is 20.4 Å². The number of rotatable bonds is 1. The molecule has 0 amide bonds. The zero-order chi connectivity index (χ0) is 18.4. The van der Waals surface area contributed by atoms with E-state index in [1.165, 1.54) is 0 Å². The molecule has 0 N–H and O–H groups in total. The predicted molar refractivity (Wildman–Crippen MR) is 104 cm³/mol. The second-order valence-electron chi connectivity index (χ2n) is 7.52. The Morgan fingerprint density at radius 2 is 1.22 bits per heavy atom. The van der Waals surface area contributed by atoms with Crippen LogP contribution in [0.4, 0.5) is 0 Å². The van der Waals surface area contributed by atoms with Gasteiger partial charge in [0.1, 0.15) is 0 Å². The van der Waals surface area contributed by atoms with Crippen LogP contribution >= 0.6 is 7.28 Å². The van der Waals surface area contributed by atoms with Crippen LogP contribution in [0.15, 0.2) is 78.9 Å². The van der Waals surface area contributed by atoms with Gasteiger partial charge in [-0.1, -0.05) is 0 Å². The van der Waals surface area contributed by atoms with Crippen LogP contribution in [0.2, 0.25) is 0 Å². The standard InChI is InChI=1S/C22H19O4P/c1-21-17-12-6-8-14-19(17)23-27(26-21,16-10-4-3-5-11-16)22(2,25-21)18-13-7-9-15-20(18)24-27/h3-15H,1-2H3/t21-,22-/m1/s1. The van der Waals surface area contributed by atoms with Gasteiger partial charge in [-0.05, 0) is 0 Å². The Morgan fingerprint density at radius 1 is 0.667 bits per heavy atom. The van der Waals surface area contributed by atoms with E-state index < -0.39 is 18.4 Å². The first kappa shape index (κ1) is 15.6. The first-order chi connectivity index (χ1) is 13.0. The Balaban J connectivity index is 1.76. The number of hydrogen-bond donors (Lipinski definition) is 0. The summed E-state index contributed by atoms with van der Waals surface area (Å²) in [6.07, 6.45) is 0. The molecule has 3 aromatic carbocycles. The second kappa shape index (κ2) is 4.53. The van der Waals surface area contributed by atoms with Gasteiger partial charge in [0.05, 0.1) is 0 Å². The van der Waals surface area contributed by atoms with E-state index in [0.717, 1.165) is 27.9 Å². The first-order valence-electron chi connectivity index (χ1n) is 9.08. The molecule has 1 fully saturated rings. The molecule has 3 heterocycles. The van der Waals surface area contributed by atoms with Crippen molar-refractivity contribution >= 4 is 12.6 Å². The molecule has 1 saturated heterocycles. The molecule has 136 valence electrons. The van der Waals surface area contributed by atoms with Crippen molar-refractivity contribution in [3.05, 3.63) is 90.0 Å². The van der Waals surface area contributed by atoms with Gasteiger partial charge in [0.25, 0.3) is 0 Å². The number of benzene rings is 3. The van der Waals surface area contributed by atoms with Crippen LogP contribution in [-0.4, -0.2) is 0 Å². The Morgan fingerprint density at radius 3 is 1.93 bits per heavy atom. The third kappa shape index (κ3) is 1.54. The Bertz CT molecular complexity index is 1100. The molecule has 0 aliphatic carbocycles. The van der Waals surface area contributed by atoms with Crippen molar-refractivity contribution in [2.45, 2.75) is 25.0 Å². The molecule has 3 aliphatic rings. The molecule has 0 radical (unpaired) electrons. The average molecular weight is 378 g/mol. The Hall–Kier alpha value is -2.39. The molecule has 2 atom stereocenters. The van der Waals surface area contributed by atoms with Crippen molar-refractivity contribution in [1.82, 2.24) is 0 Å². The molecule has 0 saturated carbocycles. The molecule has 5 heteroatoms. The van der Waals surface area contributed by atoms with E-state index in [-0.39, 0.29) is 0 Å². The quantitative estimate of drug-likeness (QED) is 0.546. The first-order valence-corrected chi connectivity index (χ1v) is 11.1. The molecule has 3 aromatic rings. The summed E-state index contributed by atoms with van der Waals surface area (Å²) in [6.45, 7) is 4.00. The normalized spacial score (nSPS) is 32.0. The molecule has 6 rings (SSSR count). The third-order valence-corrected chi connectivity index (χ3v) is 10.7. The number of hydrogen-bond acceptors (Lipinski definition) is 4. The van der Waals surface area contributed by atoms with Gasteiger partial charge in [-0.2, -0.15) is 0 Å². The fraction of sp³-hybridized carbons (Fsp3) is 0.182. The van der Waals surface area contributed by atoms with Crippen molar-refractivity contribution in [1.29, 1.82) is 0 Å². The van der Waals surface area contributed by atoms with E-state index in [1.54, 1.807) is 0 Å². The minimum atomic E-state index is -3.96. The van der Waals surface area contributed by atoms with E-state index in [1.807, 2.05) is 92.7 Å². The van der Waals surface area contributed by atoms with Gasteiger partial charge in [-0.15, -0.1) is 0 Å². The summed E-state index contributed by atoms with van der Waals surface area (Å²) in [6, 6.07) is 25.8. The fourth-order valence-corrected chi connectivity index (χ4v) is 9.64. The molecule has 1 spiro atoms. The van der Waals surface area contributed by atoms with Crippen LogP contribution < -0.4 is 14.4 Å². The van der Waals surface area contributed by atoms with Crippen LogP contribution in [0.5, 0.6) is 11.5 Å². The molecular weight excluding hydrogens is 359 g/mol. The van der Waals surface area contributed by atoms with Gasteiger partial charge >= 0.3 is 157 Å². The second-order valence-corrected chi connectivity index (χ2v) is 11.2. The van der Waals surface area contributed by atoms with Gasteiger partial charge < -0.3 is 0 Å². The minimum absolute atomic E-state index is 0.753. The van der Waals surface area contributed by atoms with Gasteiger partial charge in [-0.25, -0.2) is 0 Å². The molecule has 4 nitrogen and oxygen atoms in total. The summed E-state index contributed by atoms with van der Waals surface area (Å²) < 4.78 is 27.2. The molecule has 0 aromatic heterocycles. The molecule has 27 heavy (non-hydrogen) atoms. The van der Waals surface area contributed by atoms with Gasteiger partial charge in [0, 0.05) is 0 Å². The zero-order valence-electron chi connectivity index (χ0n) is 15.1. The molecule has 2 bridgehead atoms. The van der Waals surface area contributed by atoms with Crippen LogP contribution in [0.3, 0.4) is 0 Å². The van der Waals surface area contributed by atoms with Gasteiger partial charge in [0.15, 0.2) is 0 Å². The van der Waals surface area contributed by atoms with E-state index in [9.17, 15) is 0 Å². The Labute approximate surface area is 157 Å². The van der Waals surface area contributed by atoms with Crippen LogP contribution in [0.1, 0.15) is 25.0 Å². The SMILES string of the molecule is C[C@]12O[C@@]3(C)c4ccccc4OP3(c3ccccc3)(Oc3ccccc31)O2. The van der Waals surface area contributed by atoms with Crippen molar-refractivity contribution < 1.29 is 18.3 Å². The van der Waals surface area contributed by atoms with E-state index in [2.05, 4.69) is 0 Å². The summed E-state index contributed by atoms with van der Waals surface area (Å²) in [7, 11) is -3.96. The molecular formula is C22H19O4P. The van der Waals surface area contributed by atoms with Gasteiger partial charge in [-0.3, -0.25) is 0 Å². The fourth-order valence-electron chi connectivity index (χ4n) is 4.77. The van der Waals surface area contributed by atoms with Crippen molar-refractivity contribution in [3.8, 4) is 11.5 Å². The summed E-state index contributed by atoms with van der Waals surface area (Å²) in [5, 5.41) is 0.0116. The number of para-hydroxylation sites is 2. The predicted octanol–water partition coefficient (Wildman–Crippen LogP) is 5.19. The molecule has 3 aliphatic heterocycles. The maximum atomic E-state index is 6.85. The van der Waals surface area contributed by atoms with E-state index in [4.69, 9.17) is 18.3 Å². The number of ether oxygens (including phenoxy) is 1. The topological polar surface area (TPSA) is 36.9 Å². The maximum absolute atomic E-state index is 6.85. The van der Waals surface area contributed by atoms with Crippen molar-refractivity contribution in [2.75, 3.05) is 0 Å². The van der Waals surface area contributed by atoms with Crippen molar-refractivity contribution in [3.63, 3.8) is 0 Å².